The highest BCUT2D eigenvalue weighted by atomic mass is 79.9. The van der Waals surface area contributed by atoms with Gasteiger partial charge in [-0.15, -0.1) is 11.6 Å². The summed E-state index contributed by atoms with van der Waals surface area (Å²) in [5.74, 6) is 1.61. The maximum absolute atomic E-state index is 6.18. The monoisotopic (exact) mass is 344 g/mol. The molecule has 2 aromatic rings. The van der Waals surface area contributed by atoms with Gasteiger partial charge in [-0.05, 0) is 24.6 Å². The lowest BCUT2D eigenvalue weighted by molar-refractivity contribution is 0.402. The van der Waals surface area contributed by atoms with E-state index in [-0.39, 0.29) is 5.38 Å². The average Bonchev–Trinajstić information content (AvgIpc) is 2.88. The van der Waals surface area contributed by atoms with Crippen molar-refractivity contribution in [1.29, 1.82) is 0 Å². The average molecular weight is 346 g/mol. The molecule has 2 rings (SSSR count). The van der Waals surface area contributed by atoms with Crippen molar-refractivity contribution in [2.24, 2.45) is 0 Å². The van der Waals surface area contributed by atoms with Crippen molar-refractivity contribution >= 4 is 27.5 Å². The van der Waals surface area contributed by atoms with E-state index in [1.54, 1.807) is 7.11 Å². The molecule has 0 spiro atoms. The van der Waals surface area contributed by atoms with Crippen LogP contribution in [-0.4, -0.2) is 17.3 Å². The number of benzene rings is 1. The van der Waals surface area contributed by atoms with E-state index in [4.69, 9.17) is 20.9 Å². The third-order valence-corrected chi connectivity index (χ3v) is 3.56. The quantitative estimate of drug-likeness (QED) is 0.744. The number of methoxy groups -OCH3 is 1. The van der Waals surface area contributed by atoms with Crippen LogP contribution in [0, 0.1) is 0 Å². The van der Waals surface area contributed by atoms with Gasteiger partial charge in [-0.1, -0.05) is 34.4 Å². The number of halogens is 2. The van der Waals surface area contributed by atoms with Gasteiger partial charge in [0.1, 0.15) is 5.75 Å². The molecule has 1 heterocycles. The number of aromatic nitrogens is 2. The smallest absolute Gasteiger partial charge is 0.261 e. The predicted octanol–water partition coefficient (Wildman–Crippen LogP) is 4.59. The van der Waals surface area contributed by atoms with Crippen LogP contribution in [0.1, 0.15) is 31.0 Å². The van der Waals surface area contributed by atoms with Crippen LogP contribution >= 0.6 is 27.5 Å². The van der Waals surface area contributed by atoms with Gasteiger partial charge in [0, 0.05) is 4.47 Å². The first-order chi connectivity index (χ1) is 9.15. The second kappa shape index (κ2) is 6.39. The Bertz CT molecular complexity index is 559. The van der Waals surface area contributed by atoms with Crippen LogP contribution < -0.4 is 4.74 Å². The Morgan fingerprint density at radius 2 is 2.26 bits per heavy atom. The largest absolute Gasteiger partial charge is 0.496 e. The number of hydrogen-bond donors (Lipinski definition) is 0. The number of nitrogens with zero attached hydrogens (tertiary/aromatic N) is 2. The molecule has 19 heavy (non-hydrogen) atoms. The van der Waals surface area contributed by atoms with Crippen LogP contribution in [0.15, 0.2) is 27.2 Å². The first-order valence-corrected chi connectivity index (χ1v) is 7.20. The Hall–Kier alpha value is -1.07. The van der Waals surface area contributed by atoms with Gasteiger partial charge < -0.3 is 9.26 Å². The molecule has 1 aromatic heterocycles. The third-order valence-electron chi connectivity index (χ3n) is 2.66. The summed E-state index contributed by atoms with van der Waals surface area (Å²) in [4.78, 5) is 4.33. The maximum Gasteiger partial charge on any atom is 0.261 e. The zero-order valence-electron chi connectivity index (χ0n) is 10.7. The number of rotatable bonds is 5. The minimum atomic E-state index is -0.219. The molecule has 0 amide bonds. The Labute approximate surface area is 125 Å². The fraction of sp³-hybridized carbons (Fsp3) is 0.385. The summed E-state index contributed by atoms with van der Waals surface area (Å²) in [5, 5.41) is 3.71. The fourth-order valence-corrected chi connectivity index (χ4v) is 2.34. The molecule has 4 nitrogen and oxygen atoms in total. The van der Waals surface area contributed by atoms with Gasteiger partial charge in [0.05, 0.1) is 18.1 Å². The van der Waals surface area contributed by atoms with Crippen LogP contribution in [0.3, 0.4) is 0 Å². The highest BCUT2D eigenvalue weighted by Crippen LogP contribution is 2.33. The van der Waals surface area contributed by atoms with E-state index >= 15 is 0 Å². The van der Waals surface area contributed by atoms with Crippen molar-refractivity contribution < 1.29 is 9.26 Å². The third kappa shape index (κ3) is 3.28. The molecule has 0 saturated carbocycles. The Kier molecular flexibility index (Phi) is 4.82. The molecular weight excluding hydrogens is 332 g/mol. The maximum atomic E-state index is 6.18. The lowest BCUT2D eigenvalue weighted by Gasteiger charge is -2.04. The normalized spacial score (nSPS) is 12.4. The molecule has 0 radical (unpaired) electrons. The minimum absolute atomic E-state index is 0.219. The molecule has 0 saturated heterocycles. The van der Waals surface area contributed by atoms with Crippen molar-refractivity contribution in [3.05, 3.63) is 28.5 Å². The highest BCUT2D eigenvalue weighted by Gasteiger charge is 2.18. The van der Waals surface area contributed by atoms with Crippen LogP contribution in [0.4, 0.5) is 0 Å². The van der Waals surface area contributed by atoms with Gasteiger partial charge in [-0.25, -0.2) is 0 Å². The Morgan fingerprint density at radius 3 is 2.95 bits per heavy atom. The lowest BCUT2D eigenvalue weighted by Crippen LogP contribution is -1.93. The van der Waals surface area contributed by atoms with E-state index in [1.807, 2.05) is 18.2 Å². The van der Waals surface area contributed by atoms with E-state index in [2.05, 4.69) is 33.0 Å². The molecule has 1 atom stereocenters. The predicted molar refractivity (Wildman–Crippen MR) is 77.5 cm³/mol. The van der Waals surface area contributed by atoms with Crippen molar-refractivity contribution in [3.8, 4) is 17.2 Å². The molecule has 0 bridgehead atoms. The van der Waals surface area contributed by atoms with E-state index in [1.165, 1.54) is 0 Å². The van der Waals surface area contributed by atoms with E-state index in [0.717, 1.165) is 22.9 Å². The Balaban J connectivity index is 2.32. The van der Waals surface area contributed by atoms with E-state index < -0.39 is 0 Å². The van der Waals surface area contributed by atoms with Gasteiger partial charge in [0.2, 0.25) is 0 Å². The molecule has 0 aliphatic heterocycles. The Morgan fingerprint density at radius 1 is 1.47 bits per heavy atom. The SMILES string of the molecule is CCCC(Cl)c1noc(-c2ccc(Br)cc2OC)n1. The summed E-state index contributed by atoms with van der Waals surface area (Å²) in [5.41, 5.74) is 0.754. The van der Waals surface area contributed by atoms with E-state index in [9.17, 15) is 0 Å². The number of hydrogen-bond acceptors (Lipinski definition) is 4. The molecule has 0 N–H and O–H groups in total. The van der Waals surface area contributed by atoms with Gasteiger partial charge in [-0.2, -0.15) is 4.98 Å². The van der Waals surface area contributed by atoms with Gasteiger partial charge >= 0.3 is 0 Å². The van der Waals surface area contributed by atoms with Gasteiger partial charge in [-0.3, -0.25) is 0 Å². The van der Waals surface area contributed by atoms with Crippen LogP contribution in [0.5, 0.6) is 5.75 Å². The fourth-order valence-electron chi connectivity index (χ4n) is 1.70. The summed E-state index contributed by atoms with van der Waals surface area (Å²) in [6, 6.07) is 5.61. The first kappa shape index (κ1) is 14.3. The summed E-state index contributed by atoms with van der Waals surface area (Å²) < 4.78 is 11.5. The van der Waals surface area contributed by atoms with Crippen molar-refractivity contribution in [1.82, 2.24) is 10.1 Å². The van der Waals surface area contributed by atoms with Crippen LogP contribution in [0.2, 0.25) is 0 Å². The van der Waals surface area contributed by atoms with Crippen molar-refractivity contribution in [3.63, 3.8) is 0 Å². The van der Waals surface area contributed by atoms with Crippen LogP contribution in [-0.2, 0) is 0 Å². The van der Waals surface area contributed by atoms with Crippen LogP contribution in [0.25, 0.3) is 11.5 Å². The zero-order chi connectivity index (χ0) is 13.8. The molecule has 0 aliphatic rings. The molecule has 0 fully saturated rings. The number of alkyl halides is 1. The zero-order valence-corrected chi connectivity index (χ0v) is 13.0. The molecule has 102 valence electrons. The summed E-state index contributed by atoms with van der Waals surface area (Å²) in [6.45, 7) is 2.06. The lowest BCUT2D eigenvalue weighted by atomic mass is 10.2. The van der Waals surface area contributed by atoms with Crippen molar-refractivity contribution in [2.75, 3.05) is 7.11 Å². The van der Waals surface area contributed by atoms with Gasteiger partial charge in [0.15, 0.2) is 5.82 Å². The summed E-state index contributed by atoms with van der Waals surface area (Å²) >= 11 is 9.57. The molecule has 6 heteroatoms. The summed E-state index contributed by atoms with van der Waals surface area (Å²) in [6.07, 6.45) is 1.79. The highest BCUT2D eigenvalue weighted by molar-refractivity contribution is 9.10. The molecule has 1 aromatic carbocycles. The topological polar surface area (TPSA) is 48.2 Å². The van der Waals surface area contributed by atoms with Crippen molar-refractivity contribution in [2.45, 2.75) is 25.1 Å². The molecule has 1 unspecified atom stereocenters. The summed E-state index contributed by atoms with van der Waals surface area (Å²) in [7, 11) is 1.60. The standard InChI is InChI=1S/C13H14BrClN2O2/c1-3-4-10(15)12-16-13(19-17-12)9-6-5-8(14)7-11(9)18-2/h5-7,10H,3-4H2,1-2H3. The second-order valence-corrected chi connectivity index (χ2v) is 5.50. The minimum Gasteiger partial charge on any atom is -0.496 e. The molecule has 0 aliphatic carbocycles. The molecular formula is C13H14BrClN2O2. The van der Waals surface area contributed by atoms with Gasteiger partial charge in [0.25, 0.3) is 5.89 Å². The first-order valence-electron chi connectivity index (χ1n) is 5.97. The number of ether oxygens (including phenoxy) is 1. The second-order valence-electron chi connectivity index (χ2n) is 4.06. The van der Waals surface area contributed by atoms with E-state index in [0.29, 0.717) is 17.5 Å².